The Kier molecular flexibility index (Phi) is 3.58. The molecule has 0 atom stereocenters. The van der Waals surface area contributed by atoms with Gasteiger partial charge in [-0.15, -0.1) is 11.3 Å². The lowest BCUT2D eigenvalue weighted by atomic mass is 10.0. The van der Waals surface area contributed by atoms with E-state index in [4.69, 9.17) is 0 Å². The Labute approximate surface area is 119 Å². The lowest BCUT2D eigenvalue weighted by molar-refractivity contribution is 0.457. The molecule has 108 valence electrons. The van der Waals surface area contributed by atoms with Gasteiger partial charge in [0.1, 0.15) is 4.21 Å². The summed E-state index contributed by atoms with van der Waals surface area (Å²) in [5, 5.41) is 3.02. The highest BCUT2D eigenvalue weighted by Gasteiger charge is 2.66. The van der Waals surface area contributed by atoms with Crippen molar-refractivity contribution < 1.29 is 8.42 Å². The van der Waals surface area contributed by atoms with Gasteiger partial charge < -0.3 is 5.32 Å². The molecule has 2 rings (SSSR count). The van der Waals surface area contributed by atoms with Gasteiger partial charge in [0.2, 0.25) is 10.0 Å². The molecule has 0 aromatic carbocycles. The van der Waals surface area contributed by atoms with Crippen molar-refractivity contribution in [1.29, 1.82) is 0 Å². The first kappa shape index (κ1) is 15.0. The smallest absolute Gasteiger partial charge is 0.250 e. The van der Waals surface area contributed by atoms with Gasteiger partial charge in [-0.05, 0) is 30.0 Å². The summed E-state index contributed by atoms with van der Waals surface area (Å²) >= 11 is 1.32. The fourth-order valence-electron chi connectivity index (χ4n) is 2.48. The van der Waals surface area contributed by atoms with Crippen LogP contribution in [0.4, 0.5) is 0 Å². The van der Waals surface area contributed by atoms with Crippen LogP contribution in [0.3, 0.4) is 0 Å². The fraction of sp³-hybridized carbons (Fsp3) is 0.692. The molecule has 0 saturated heterocycles. The summed E-state index contributed by atoms with van der Waals surface area (Å²) in [6.07, 6.45) is 0. The molecule has 19 heavy (non-hydrogen) atoms. The Balaban J connectivity index is 2.15. The van der Waals surface area contributed by atoms with Crippen molar-refractivity contribution in [1.82, 2.24) is 10.0 Å². The Bertz CT molecular complexity index is 559. The van der Waals surface area contributed by atoms with Gasteiger partial charge in [-0.1, -0.05) is 27.7 Å². The molecule has 1 aliphatic carbocycles. The van der Waals surface area contributed by atoms with Crippen molar-refractivity contribution >= 4 is 21.4 Å². The molecule has 1 aromatic rings. The molecule has 2 N–H and O–H groups in total. The second kappa shape index (κ2) is 4.55. The number of sulfonamides is 1. The van der Waals surface area contributed by atoms with Crippen molar-refractivity contribution in [3.63, 3.8) is 0 Å². The van der Waals surface area contributed by atoms with Gasteiger partial charge in [0.25, 0.3) is 0 Å². The molecule has 1 fully saturated rings. The Morgan fingerprint density at radius 3 is 2.26 bits per heavy atom. The summed E-state index contributed by atoms with van der Waals surface area (Å²) in [5.74, 6) is 0. The van der Waals surface area contributed by atoms with Crippen molar-refractivity contribution in [3.05, 3.63) is 17.0 Å². The molecule has 0 radical (unpaired) electrons. The summed E-state index contributed by atoms with van der Waals surface area (Å²) in [6.45, 7) is 9.09. The van der Waals surface area contributed by atoms with Gasteiger partial charge in [0, 0.05) is 17.5 Å². The minimum Gasteiger partial charge on any atom is -0.315 e. The highest BCUT2D eigenvalue weighted by Crippen LogP contribution is 2.63. The van der Waals surface area contributed by atoms with E-state index in [1.165, 1.54) is 11.3 Å². The number of rotatable bonds is 5. The third kappa shape index (κ3) is 2.46. The first-order valence-corrected chi connectivity index (χ1v) is 8.68. The summed E-state index contributed by atoms with van der Waals surface area (Å²) < 4.78 is 28.0. The fourth-order valence-corrected chi connectivity index (χ4v) is 5.39. The van der Waals surface area contributed by atoms with Crippen molar-refractivity contribution in [3.8, 4) is 0 Å². The maximum absolute atomic E-state index is 12.4. The average molecular weight is 302 g/mol. The van der Waals surface area contributed by atoms with E-state index in [-0.39, 0.29) is 16.9 Å². The molecule has 1 heterocycles. The van der Waals surface area contributed by atoms with E-state index >= 15 is 0 Å². The zero-order chi connectivity index (χ0) is 14.5. The predicted molar refractivity (Wildman–Crippen MR) is 78.8 cm³/mol. The van der Waals surface area contributed by atoms with Crippen LogP contribution >= 0.6 is 11.3 Å². The molecule has 0 spiro atoms. The summed E-state index contributed by atoms with van der Waals surface area (Å²) in [6, 6.07) is 3.54. The minimum atomic E-state index is -3.40. The zero-order valence-corrected chi connectivity index (χ0v) is 13.7. The summed E-state index contributed by atoms with van der Waals surface area (Å²) in [5.41, 5.74) is 0.0102. The Hall–Kier alpha value is -0.430. The highest BCUT2D eigenvalue weighted by molar-refractivity contribution is 7.91. The van der Waals surface area contributed by atoms with Gasteiger partial charge in [-0.2, -0.15) is 0 Å². The molecule has 4 nitrogen and oxygen atoms in total. The molecule has 0 bridgehead atoms. The standard InChI is InChI=1S/C13H22N2O2S2/c1-12(2)11(13(12,3)4)15-19(16,17)10-7-6-9(18-10)8-14-5/h6-7,11,14-15H,8H2,1-5H3. The molecule has 0 unspecified atom stereocenters. The van der Waals surface area contributed by atoms with E-state index in [0.717, 1.165) is 4.88 Å². The van der Waals surface area contributed by atoms with E-state index in [0.29, 0.717) is 10.8 Å². The van der Waals surface area contributed by atoms with Crippen molar-refractivity contribution in [2.45, 2.75) is 44.5 Å². The van der Waals surface area contributed by atoms with E-state index in [2.05, 4.69) is 37.7 Å². The van der Waals surface area contributed by atoms with Crippen LogP contribution in [0.1, 0.15) is 32.6 Å². The van der Waals surface area contributed by atoms with Crippen LogP contribution in [0, 0.1) is 10.8 Å². The molecule has 0 amide bonds. The van der Waals surface area contributed by atoms with E-state index in [9.17, 15) is 8.42 Å². The van der Waals surface area contributed by atoms with Crippen LogP contribution in [0.25, 0.3) is 0 Å². The van der Waals surface area contributed by atoms with Gasteiger partial charge in [0.05, 0.1) is 0 Å². The minimum absolute atomic E-state index is 0.000139. The topological polar surface area (TPSA) is 58.2 Å². The van der Waals surface area contributed by atoms with Crippen molar-refractivity contribution in [2.24, 2.45) is 10.8 Å². The number of hydrogen-bond acceptors (Lipinski definition) is 4. The normalized spacial score (nSPS) is 21.5. The first-order chi connectivity index (χ1) is 8.63. The second-order valence-corrected chi connectivity index (χ2v) is 9.36. The van der Waals surface area contributed by atoms with Crippen LogP contribution < -0.4 is 10.0 Å². The van der Waals surface area contributed by atoms with Crippen LogP contribution in [-0.4, -0.2) is 21.5 Å². The molecule has 1 saturated carbocycles. The first-order valence-electron chi connectivity index (χ1n) is 6.38. The number of hydrogen-bond donors (Lipinski definition) is 2. The summed E-state index contributed by atoms with van der Waals surface area (Å²) in [4.78, 5) is 1.03. The van der Waals surface area contributed by atoms with Crippen LogP contribution in [0.15, 0.2) is 16.3 Å². The quantitative estimate of drug-likeness (QED) is 0.876. The lowest BCUT2D eigenvalue weighted by Crippen LogP contribution is -2.29. The van der Waals surface area contributed by atoms with E-state index in [1.54, 1.807) is 6.07 Å². The molecular weight excluding hydrogens is 280 g/mol. The maximum Gasteiger partial charge on any atom is 0.250 e. The Morgan fingerprint density at radius 2 is 1.79 bits per heavy atom. The van der Waals surface area contributed by atoms with Gasteiger partial charge >= 0.3 is 0 Å². The zero-order valence-electron chi connectivity index (χ0n) is 12.1. The van der Waals surface area contributed by atoms with Gasteiger partial charge in [-0.3, -0.25) is 0 Å². The third-order valence-corrected chi connectivity index (χ3v) is 7.55. The van der Waals surface area contributed by atoms with E-state index in [1.807, 2.05) is 13.1 Å². The molecule has 0 aliphatic heterocycles. The maximum atomic E-state index is 12.4. The second-order valence-electron chi connectivity index (χ2n) is 6.25. The largest absolute Gasteiger partial charge is 0.315 e. The SMILES string of the molecule is CNCc1ccc(S(=O)(=O)NC2C(C)(C)C2(C)C)s1. The molecule has 1 aliphatic rings. The van der Waals surface area contributed by atoms with Gasteiger partial charge in [-0.25, -0.2) is 13.1 Å². The van der Waals surface area contributed by atoms with Crippen molar-refractivity contribution in [2.75, 3.05) is 7.05 Å². The van der Waals surface area contributed by atoms with Crippen LogP contribution in [0.2, 0.25) is 0 Å². The molecular formula is C13H22N2O2S2. The van der Waals surface area contributed by atoms with Crippen LogP contribution in [0.5, 0.6) is 0 Å². The summed E-state index contributed by atoms with van der Waals surface area (Å²) in [7, 11) is -1.55. The number of thiophene rings is 1. The monoisotopic (exact) mass is 302 g/mol. The third-order valence-electron chi connectivity index (χ3n) is 4.55. The van der Waals surface area contributed by atoms with Gasteiger partial charge in [0.15, 0.2) is 0 Å². The molecule has 1 aromatic heterocycles. The Morgan fingerprint density at radius 1 is 1.21 bits per heavy atom. The average Bonchev–Trinajstić information content (AvgIpc) is 2.71. The highest BCUT2D eigenvalue weighted by atomic mass is 32.2. The lowest BCUT2D eigenvalue weighted by Gasteiger charge is -2.06. The predicted octanol–water partition coefficient (Wildman–Crippen LogP) is 2.18. The van der Waals surface area contributed by atoms with E-state index < -0.39 is 10.0 Å². The number of nitrogens with one attached hydrogen (secondary N) is 2. The van der Waals surface area contributed by atoms with Crippen LogP contribution in [-0.2, 0) is 16.6 Å². The molecule has 6 heteroatoms.